The van der Waals surface area contributed by atoms with Crippen LogP contribution >= 0.6 is 0 Å². The van der Waals surface area contributed by atoms with Crippen molar-refractivity contribution in [2.24, 2.45) is 0 Å². The number of anilines is 1. The third-order valence-electron chi connectivity index (χ3n) is 6.12. The standard InChI is InChI=1S/C19H22N4O3/c24-17-11-26-10-16(17)23-9-14(20-21-23)18(25)22-12-19(7-3-4-8-19)13-5-1-2-6-15(13)22/h1-2,5-6,9,16-17,24H,3-4,7-8,10-12H2/t16-,17-/m1/s1. The van der Waals surface area contributed by atoms with E-state index in [-0.39, 0.29) is 24.0 Å². The molecule has 1 aliphatic carbocycles. The number of carbonyl (C=O) groups excluding carboxylic acids is 1. The van der Waals surface area contributed by atoms with Gasteiger partial charge in [-0.15, -0.1) is 5.10 Å². The molecule has 2 aliphatic heterocycles. The lowest BCUT2D eigenvalue weighted by Crippen LogP contribution is -2.35. The molecule has 1 saturated carbocycles. The second kappa shape index (κ2) is 5.89. The number of benzene rings is 1. The molecule has 3 heterocycles. The van der Waals surface area contributed by atoms with Crippen molar-refractivity contribution >= 4 is 11.6 Å². The van der Waals surface area contributed by atoms with Gasteiger partial charge in [-0.25, -0.2) is 4.68 Å². The molecule has 1 spiro atoms. The van der Waals surface area contributed by atoms with Crippen LogP contribution in [0.2, 0.25) is 0 Å². The van der Waals surface area contributed by atoms with E-state index in [0.29, 0.717) is 18.8 Å². The zero-order valence-corrected chi connectivity index (χ0v) is 14.5. The molecule has 7 nitrogen and oxygen atoms in total. The van der Waals surface area contributed by atoms with Gasteiger partial charge >= 0.3 is 0 Å². The van der Waals surface area contributed by atoms with Gasteiger partial charge in [-0.2, -0.15) is 0 Å². The fourth-order valence-electron chi connectivity index (χ4n) is 4.75. The SMILES string of the molecule is O=C(c1cn([C@@H]2COC[C@H]2O)nn1)N1CC2(CCCC2)c2ccccc21. The molecule has 0 bridgehead atoms. The highest BCUT2D eigenvalue weighted by Gasteiger charge is 2.46. The van der Waals surface area contributed by atoms with E-state index in [1.54, 1.807) is 10.9 Å². The highest BCUT2D eigenvalue weighted by Crippen LogP contribution is 2.50. The number of aromatic nitrogens is 3. The third kappa shape index (κ3) is 2.30. The van der Waals surface area contributed by atoms with Crippen LogP contribution < -0.4 is 4.90 Å². The lowest BCUT2D eigenvalue weighted by atomic mass is 9.81. The fraction of sp³-hybridized carbons (Fsp3) is 0.526. The first kappa shape index (κ1) is 16.0. The van der Waals surface area contributed by atoms with Crippen LogP contribution in [0.4, 0.5) is 5.69 Å². The number of fused-ring (bicyclic) bond motifs is 2. The summed E-state index contributed by atoms with van der Waals surface area (Å²) in [4.78, 5) is 15.0. The molecule has 1 aromatic carbocycles. The summed E-state index contributed by atoms with van der Waals surface area (Å²) in [5.74, 6) is -0.124. The zero-order valence-electron chi connectivity index (χ0n) is 14.5. The van der Waals surface area contributed by atoms with Gasteiger partial charge in [0.25, 0.3) is 5.91 Å². The second-order valence-electron chi connectivity index (χ2n) is 7.65. The number of amides is 1. The average Bonchev–Trinajstić information content (AvgIpc) is 3.43. The molecule has 0 unspecified atom stereocenters. The summed E-state index contributed by atoms with van der Waals surface area (Å²) < 4.78 is 6.82. The molecule has 2 atom stereocenters. The van der Waals surface area contributed by atoms with Crippen molar-refractivity contribution in [3.63, 3.8) is 0 Å². The lowest BCUT2D eigenvalue weighted by molar-refractivity contribution is 0.0979. The smallest absolute Gasteiger partial charge is 0.280 e. The van der Waals surface area contributed by atoms with Crippen LogP contribution in [0.15, 0.2) is 30.5 Å². The molecular weight excluding hydrogens is 332 g/mol. The monoisotopic (exact) mass is 354 g/mol. The Morgan fingerprint density at radius 1 is 1.23 bits per heavy atom. The van der Waals surface area contributed by atoms with Crippen molar-refractivity contribution in [1.29, 1.82) is 0 Å². The summed E-state index contributed by atoms with van der Waals surface area (Å²) in [5.41, 5.74) is 2.70. The quantitative estimate of drug-likeness (QED) is 0.888. The van der Waals surface area contributed by atoms with E-state index in [1.165, 1.54) is 18.4 Å². The van der Waals surface area contributed by atoms with Crippen LogP contribution in [0.25, 0.3) is 0 Å². The van der Waals surface area contributed by atoms with Crippen molar-refractivity contribution < 1.29 is 14.6 Å². The minimum atomic E-state index is -0.617. The number of hydrogen-bond acceptors (Lipinski definition) is 5. The van der Waals surface area contributed by atoms with Gasteiger partial charge in [0.15, 0.2) is 5.69 Å². The summed E-state index contributed by atoms with van der Waals surface area (Å²) in [7, 11) is 0. The number of para-hydroxylation sites is 1. The first-order valence-corrected chi connectivity index (χ1v) is 9.27. The van der Waals surface area contributed by atoms with Gasteiger partial charge in [0.05, 0.1) is 19.4 Å². The molecule has 5 rings (SSSR count). The Morgan fingerprint density at radius 3 is 2.81 bits per heavy atom. The summed E-state index contributed by atoms with van der Waals surface area (Å²) in [6.07, 6.45) is 5.71. The third-order valence-corrected chi connectivity index (χ3v) is 6.12. The topological polar surface area (TPSA) is 80.5 Å². The van der Waals surface area contributed by atoms with E-state index < -0.39 is 6.10 Å². The van der Waals surface area contributed by atoms with Crippen LogP contribution in [0, 0.1) is 0 Å². The maximum Gasteiger partial charge on any atom is 0.280 e. The van der Waals surface area contributed by atoms with E-state index >= 15 is 0 Å². The molecule has 136 valence electrons. The molecule has 0 radical (unpaired) electrons. The van der Waals surface area contributed by atoms with Gasteiger partial charge in [-0.1, -0.05) is 36.3 Å². The summed E-state index contributed by atoms with van der Waals surface area (Å²) in [6, 6.07) is 7.95. The van der Waals surface area contributed by atoms with Gasteiger partial charge in [0, 0.05) is 17.6 Å². The van der Waals surface area contributed by atoms with Crippen LogP contribution in [0.1, 0.15) is 47.8 Å². The number of rotatable bonds is 2. The Morgan fingerprint density at radius 2 is 2.04 bits per heavy atom. The number of aliphatic hydroxyl groups is 1. The van der Waals surface area contributed by atoms with Gasteiger partial charge in [0.2, 0.25) is 0 Å². The maximum atomic E-state index is 13.2. The van der Waals surface area contributed by atoms with Crippen LogP contribution in [-0.4, -0.2) is 51.9 Å². The van der Waals surface area contributed by atoms with Crippen LogP contribution in [0.3, 0.4) is 0 Å². The Bertz CT molecular complexity index is 843. The molecule has 2 aromatic rings. The Hall–Kier alpha value is -2.25. The zero-order chi connectivity index (χ0) is 17.7. The minimum absolute atomic E-state index is 0.0950. The predicted molar refractivity (Wildman–Crippen MR) is 94.1 cm³/mol. The largest absolute Gasteiger partial charge is 0.388 e. The Kier molecular flexibility index (Phi) is 3.62. The average molecular weight is 354 g/mol. The molecular formula is C19H22N4O3. The molecule has 2 fully saturated rings. The fourth-order valence-corrected chi connectivity index (χ4v) is 4.75. The number of hydrogen-bond donors (Lipinski definition) is 1. The Balaban J connectivity index is 1.45. The Labute approximate surface area is 151 Å². The van der Waals surface area contributed by atoms with Gasteiger partial charge < -0.3 is 14.7 Å². The first-order valence-electron chi connectivity index (χ1n) is 9.27. The highest BCUT2D eigenvalue weighted by molar-refractivity contribution is 6.06. The summed E-state index contributed by atoms with van der Waals surface area (Å²) >= 11 is 0. The van der Waals surface area contributed by atoms with Gasteiger partial charge in [-0.05, 0) is 24.5 Å². The van der Waals surface area contributed by atoms with Crippen LogP contribution in [-0.2, 0) is 10.2 Å². The van der Waals surface area contributed by atoms with Crippen molar-refractivity contribution in [3.05, 3.63) is 41.7 Å². The van der Waals surface area contributed by atoms with Crippen LogP contribution in [0.5, 0.6) is 0 Å². The van der Waals surface area contributed by atoms with Gasteiger partial charge in [0.1, 0.15) is 12.1 Å². The summed E-state index contributed by atoms with van der Waals surface area (Å²) in [6.45, 7) is 1.39. The van der Waals surface area contributed by atoms with E-state index in [0.717, 1.165) is 18.5 Å². The van der Waals surface area contributed by atoms with Crippen molar-refractivity contribution in [2.75, 3.05) is 24.7 Å². The molecule has 1 N–H and O–H groups in total. The molecule has 3 aliphatic rings. The molecule has 1 aromatic heterocycles. The molecule has 1 saturated heterocycles. The summed E-state index contributed by atoms with van der Waals surface area (Å²) in [5, 5.41) is 18.1. The molecule has 7 heteroatoms. The maximum absolute atomic E-state index is 13.2. The van der Waals surface area contributed by atoms with Gasteiger partial charge in [-0.3, -0.25) is 4.79 Å². The normalized spacial score (nSPS) is 26.6. The van der Waals surface area contributed by atoms with E-state index in [9.17, 15) is 9.90 Å². The van der Waals surface area contributed by atoms with E-state index in [2.05, 4.69) is 22.4 Å². The highest BCUT2D eigenvalue weighted by atomic mass is 16.5. The predicted octanol–water partition coefficient (Wildman–Crippen LogP) is 1.68. The second-order valence-corrected chi connectivity index (χ2v) is 7.65. The minimum Gasteiger partial charge on any atom is -0.388 e. The van der Waals surface area contributed by atoms with E-state index in [4.69, 9.17) is 4.74 Å². The molecule has 26 heavy (non-hydrogen) atoms. The van der Waals surface area contributed by atoms with E-state index in [1.807, 2.05) is 17.0 Å². The number of nitrogens with zero attached hydrogens (tertiary/aromatic N) is 4. The van der Waals surface area contributed by atoms with Crippen molar-refractivity contribution in [1.82, 2.24) is 15.0 Å². The van der Waals surface area contributed by atoms with Crippen molar-refractivity contribution in [2.45, 2.75) is 43.2 Å². The molecule has 1 amide bonds. The number of carbonyl (C=O) groups is 1. The van der Waals surface area contributed by atoms with Crippen molar-refractivity contribution in [3.8, 4) is 0 Å². The number of aliphatic hydroxyl groups excluding tert-OH is 1. The number of ether oxygens (including phenoxy) is 1. The lowest BCUT2D eigenvalue weighted by Gasteiger charge is -2.24. The first-order chi connectivity index (χ1) is 12.7.